The van der Waals surface area contributed by atoms with Crippen LogP contribution in [-0.2, 0) is 4.79 Å². The molecule has 0 atom stereocenters. The van der Waals surface area contributed by atoms with Crippen molar-refractivity contribution in [2.75, 3.05) is 23.3 Å². The number of halogens is 2. The minimum absolute atomic E-state index is 0.0319. The van der Waals surface area contributed by atoms with Crippen molar-refractivity contribution in [1.82, 2.24) is 0 Å². The molecule has 1 aliphatic rings. The van der Waals surface area contributed by atoms with Crippen molar-refractivity contribution in [1.29, 1.82) is 0 Å². The maximum absolute atomic E-state index is 12.4. The second kappa shape index (κ2) is 7.24. The molecule has 1 aliphatic heterocycles. The summed E-state index contributed by atoms with van der Waals surface area (Å²) < 4.78 is 0. The maximum Gasteiger partial charge on any atom is 0.227 e. The molecule has 3 nitrogen and oxygen atoms in total. The molecule has 0 saturated carbocycles. The van der Waals surface area contributed by atoms with Crippen LogP contribution in [0.2, 0.25) is 10.0 Å². The molecular weight excluding hydrogens is 331 g/mol. The predicted molar refractivity (Wildman–Crippen MR) is 96.5 cm³/mol. The fourth-order valence-corrected chi connectivity index (χ4v) is 3.15. The Balaban J connectivity index is 1.57. The lowest BCUT2D eigenvalue weighted by atomic mass is 9.95. The molecule has 0 aromatic heterocycles. The molecule has 0 unspecified atom stereocenters. The number of carbonyl (C=O) groups excluding carboxylic acids is 1. The van der Waals surface area contributed by atoms with Crippen LogP contribution in [0.4, 0.5) is 11.4 Å². The van der Waals surface area contributed by atoms with Crippen molar-refractivity contribution in [2.24, 2.45) is 5.92 Å². The van der Waals surface area contributed by atoms with Gasteiger partial charge in [0.05, 0.1) is 10.0 Å². The fraction of sp³-hybridized carbons (Fsp3) is 0.278. The van der Waals surface area contributed by atoms with E-state index in [0.717, 1.165) is 25.9 Å². The first-order chi connectivity index (χ1) is 11.1. The van der Waals surface area contributed by atoms with E-state index in [-0.39, 0.29) is 11.8 Å². The third-order valence-electron chi connectivity index (χ3n) is 4.17. The summed E-state index contributed by atoms with van der Waals surface area (Å²) in [5.41, 5.74) is 1.91. The average molecular weight is 349 g/mol. The van der Waals surface area contributed by atoms with Crippen molar-refractivity contribution in [3.05, 3.63) is 58.6 Å². The third kappa shape index (κ3) is 3.98. The number of nitrogens with one attached hydrogen (secondary N) is 1. The highest BCUT2D eigenvalue weighted by atomic mass is 35.5. The lowest BCUT2D eigenvalue weighted by Gasteiger charge is -2.33. The molecule has 1 saturated heterocycles. The van der Waals surface area contributed by atoms with Crippen LogP contribution in [0.15, 0.2) is 48.5 Å². The number of amides is 1. The number of nitrogens with zero attached hydrogens (tertiary/aromatic N) is 1. The quantitative estimate of drug-likeness (QED) is 0.859. The van der Waals surface area contributed by atoms with Crippen LogP contribution in [0.5, 0.6) is 0 Å². The van der Waals surface area contributed by atoms with Gasteiger partial charge >= 0.3 is 0 Å². The lowest BCUT2D eigenvalue weighted by Crippen LogP contribution is -2.38. The molecule has 0 radical (unpaired) electrons. The zero-order valence-electron chi connectivity index (χ0n) is 12.6. The topological polar surface area (TPSA) is 32.3 Å². The van der Waals surface area contributed by atoms with Gasteiger partial charge in [-0.25, -0.2) is 0 Å². The Hall–Kier alpha value is -1.71. The first kappa shape index (κ1) is 16.2. The van der Waals surface area contributed by atoms with Crippen molar-refractivity contribution < 1.29 is 4.79 Å². The van der Waals surface area contributed by atoms with E-state index in [4.69, 9.17) is 23.2 Å². The molecule has 1 N–H and O–H groups in total. The molecule has 2 aromatic carbocycles. The van der Waals surface area contributed by atoms with Crippen molar-refractivity contribution in [3.63, 3.8) is 0 Å². The Labute approximate surface area is 146 Å². The van der Waals surface area contributed by atoms with Crippen LogP contribution in [0, 0.1) is 5.92 Å². The van der Waals surface area contributed by atoms with E-state index in [1.54, 1.807) is 18.2 Å². The van der Waals surface area contributed by atoms with Crippen LogP contribution in [0.1, 0.15) is 12.8 Å². The van der Waals surface area contributed by atoms with Gasteiger partial charge in [-0.2, -0.15) is 0 Å². The van der Waals surface area contributed by atoms with Crippen LogP contribution in [0.25, 0.3) is 0 Å². The fourth-order valence-electron chi connectivity index (χ4n) is 2.86. The number of para-hydroxylation sites is 1. The lowest BCUT2D eigenvalue weighted by molar-refractivity contribution is -0.120. The Morgan fingerprint density at radius 3 is 2.35 bits per heavy atom. The van der Waals surface area contributed by atoms with Crippen LogP contribution < -0.4 is 10.2 Å². The first-order valence-corrected chi connectivity index (χ1v) is 8.45. The summed E-state index contributed by atoms with van der Waals surface area (Å²) >= 11 is 11.9. The molecule has 120 valence electrons. The summed E-state index contributed by atoms with van der Waals surface area (Å²) in [6.45, 7) is 1.78. The number of carbonyl (C=O) groups is 1. The standard InChI is InChI=1S/C18H18Cl2N2O/c19-16-7-6-14(12-17(16)20)21-18(23)13-8-10-22(11-9-13)15-4-2-1-3-5-15/h1-7,12-13H,8-11H2,(H,21,23). The van der Waals surface area contributed by atoms with E-state index >= 15 is 0 Å². The van der Waals surface area contributed by atoms with Gasteiger partial charge in [0.2, 0.25) is 5.91 Å². The summed E-state index contributed by atoms with van der Waals surface area (Å²) in [6, 6.07) is 15.5. The van der Waals surface area contributed by atoms with Gasteiger partial charge in [0.1, 0.15) is 0 Å². The second-order valence-corrected chi connectivity index (χ2v) is 6.53. The van der Waals surface area contributed by atoms with Gasteiger partial charge in [-0.05, 0) is 43.2 Å². The molecule has 1 fully saturated rings. The highest BCUT2D eigenvalue weighted by Crippen LogP contribution is 2.27. The molecular formula is C18H18Cl2N2O. The molecule has 0 aliphatic carbocycles. The zero-order valence-corrected chi connectivity index (χ0v) is 14.1. The number of benzene rings is 2. The Kier molecular flexibility index (Phi) is 5.09. The van der Waals surface area contributed by atoms with Crippen LogP contribution >= 0.6 is 23.2 Å². The summed E-state index contributed by atoms with van der Waals surface area (Å²) in [7, 11) is 0. The van der Waals surface area contributed by atoms with E-state index in [1.165, 1.54) is 5.69 Å². The van der Waals surface area contributed by atoms with Gasteiger partial charge in [-0.1, -0.05) is 41.4 Å². The third-order valence-corrected chi connectivity index (χ3v) is 4.91. The van der Waals surface area contributed by atoms with Gasteiger partial charge in [0.25, 0.3) is 0 Å². The normalized spacial score (nSPS) is 15.5. The smallest absolute Gasteiger partial charge is 0.227 e. The van der Waals surface area contributed by atoms with E-state index < -0.39 is 0 Å². The summed E-state index contributed by atoms with van der Waals surface area (Å²) in [5, 5.41) is 3.87. The van der Waals surface area contributed by atoms with Crippen LogP contribution in [0.3, 0.4) is 0 Å². The van der Waals surface area contributed by atoms with Crippen molar-refractivity contribution in [3.8, 4) is 0 Å². The highest BCUT2D eigenvalue weighted by molar-refractivity contribution is 6.42. The minimum Gasteiger partial charge on any atom is -0.371 e. The Bertz CT molecular complexity index is 683. The summed E-state index contributed by atoms with van der Waals surface area (Å²) in [5.74, 6) is 0.0838. The second-order valence-electron chi connectivity index (χ2n) is 5.72. The van der Waals surface area contributed by atoms with E-state index in [9.17, 15) is 4.79 Å². The number of hydrogen-bond donors (Lipinski definition) is 1. The monoisotopic (exact) mass is 348 g/mol. The van der Waals surface area contributed by atoms with Gasteiger partial charge in [0, 0.05) is 30.4 Å². The predicted octanol–water partition coefficient (Wildman–Crippen LogP) is 4.85. The molecule has 0 bridgehead atoms. The van der Waals surface area contributed by atoms with Crippen molar-refractivity contribution in [2.45, 2.75) is 12.8 Å². The first-order valence-electron chi connectivity index (χ1n) is 7.69. The van der Waals surface area contributed by atoms with Gasteiger partial charge < -0.3 is 10.2 Å². The van der Waals surface area contributed by atoms with Crippen LogP contribution in [-0.4, -0.2) is 19.0 Å². The number of rotatable bonds is 3. The van der Waals surface area contributed by atoms with Gasteiger partial charge in [-0.3, -0.25) is 4.79 Å². The zero-order chi connectivity index (χ0) is 16.2. The van der Waals surface area contributed by atoms with E-state index in [2.05, 4.69) is 22.3 Å². The number of hydrogen-bond acceptors (Lipinski definition) is 2. The Morgan fingerprint density at radius 1 is 1.00 bits per heavy atom. The number of anilines is 2. The summed E-state index contributed by atoms with van der Waals surface area (Å²) in [4.78, 5) is 14.7. The molecule has 1 heterocycles. The average Bonchev–Trinajstić information content (AvgIpc) is 2.59. The molecule has 2 aromatic rings. The summed E-state index contributed by atoms with van der Waals surface area (Å²) in [6.07, 6.45) is 1.70. The SMILES string of the molecule is O=C(Nc1ccc(Cl)c(Cl)c1)C1CCN(c2ccccc2)CC1. The van der Waals surface area contributed by atoms with Gasteiger partial charge in [-0.15, -0.1) is 0 Å². The van der Waals surface area contributed by atoms with Gasteiger partial charge in [0.15, 0.2) is 0 Å². The maximum atomic E-state index is 12.4. The highest BCUT2D eigenvalue weighted by Gasteiger charge is 2.25. The number of piperidine rings is 1. The molecule has 3 rings (SSSR count). The van der Waals surface area contributed by atoms with E-state index in [1.807, 2.05) is 18.2 Å². The molecule has 5 heteroatoms. The minimum atomic E-state index is 0.0319. The molecule has 1 amide bonds. The Morgan fingerprint density at radius 2 is 1.70 bits per heavy atom. The largest absolute Gasteiger partial charge is 0.371 e. The van der Waals surface area contributed by atoms with E-state index in [0.29, 0.717) is 15.7 Å². The molecule has 23 heavy (non-hydrogen) atoms. The molecule has 0 spiro atoms. The van der Waals surface area contributed by atoms with Crippen molar-refractivity contribution >= 4 is 40.5 Å².